The van der Waals surface area contributed by atoms with Crippen molar-refractivity contribution in [3.63, 3.8) is 0 Å². The highest BCUT2D eigenvalue weighted by atomic mass is 16.2. The summed E-state index contributed by atoms with van der Waals surface area (Å²) in [5.41, 5.74) is 1.70. The van der Waals surface area contributed by atoms with Crippen LogP contribution >= 0.6 is 0 Å². The van der Waals surface area contributed by atoms with Crippen molar-refractivity contribution in [3.05, 3.63) is 35.8 Å². The predicted molar refractivity (Wildman–Crippen MR) is 82.3 cm³/mol. The van der Waals surface area contributed by atoms with E-state index < -0.39 is 0 Å². The normalized spacial score (nSPS) is 17.7. The van der Waals surface area contributed by atoms with Crippen LogP contribution in [-0.4, -0.2) is 51.8 Å². The molecule has 0 bridgehead atoms. The Hall–Kier alpha value is -2.44. The maximum Gasteiger partial charge on any atom is 0.229 e. The van der Waals surface area contributed by atoms with Crippen LogP contribution in [0.5, 0.6) is 0 Å². The van der Waals surface area contributed by atoms with Crippen LogP contribution in [0.25, 0.3) is 0 Å². The van der Waals surface area contributed by atoms with Gasteiger partial charge in [-0.05, 0) is 31.0 Å². The molecule has 1 N–H and O–H groups in total. The number of nitrogens with one attached hydrogen (secondary N) is 1. The van der Waals surface area contributed by atoms with Gasteiger partial charge in [0.15, 0.2) is 5.82 Å². The van der Waals surface area contributed by atoms with Crippen LogP contribution in [0.4, 0.5) is 5.82 Å². The molecule has 1 aliphatic rings. The SMILES string of the molecule is CN(C)c1ccc(C2CCCN2C(=O)Cc2ccn[nH]2)nn1. The average Bonchev–Trinajstić information content (AvgIpc) is 3.18. The number of rotatable bonds is 4. The van der Waals surface area contributed by atoms with Gasteiger partial charge in [0.05, 0.1) is 18.2 Å². The van der Waals surface area contributed by atoms with Gasteiger partial charge in [-0.15, -0.1) is 5.10 Å². The number of carbonyl (C=O) groups is 1. The molecule has 7 heteroatoms. The molecule has 1 unspecified atom stereocenters. The molecule has 2 aromatic rings. The standard InChI is InChI=1S/C15H20N6O/c1-20(2)14-6-5-12(18-19-14)13-4-3-9-21(13)15(22)10-11-7-8-16-17-11/h5-8,13H,3-4,9-10H2,1-2H3,(H,16,17). The van der Waals surface area contributed by atoms with Crippen LogP contribution in [-0.2, 0) is 11.2 Å². The number of carbonyl (C=O) groups excluding carboxylic acids is 1. The van der Waals surface area contributed by atoms with E-state index in [4.69, 9.17) is 0 Å². The number of hydrogen-bond acceptors (Lipinski definition) is 5. The van der Waals surface area contributed by atoms with Crippen LogP contribution in [0, 0.1) is 0 Å². The summed E-state index contributed by atoms with van der Waals surface area (Å²) in [6.45, 7) is 0.773. The molecular weight excluding hydrogens is 280 g/mol. The molecule has 0 saturated carbocycles. The van der Waals surface area contributed by atoms with Gasteiger partial charge in [-0.25, -0.2) is 0 Å². The Kier molecular flexibility index (Phi) is 4.04. The Labute approximate surface area is 129 Å². The van der Waals surface area contributed by atoms with E-state index in [1.807, 2.05) is 42.1 Å². The van der Waals surface area contributed by atoms with Gasteiger partial charge in [-0.1, -0.05) is 0 Å². The molecular formula is C15H20N6O. The minimum Gasteiger partial charge on any atom is -0.361 e. The van der Waals surface area contributed by atoms with Crippen LogP contribution in [0.3, 0.4) is 0 Å². The Morgan fingerprint density at radius 1 is 1.36 bits per heavy atom. The van der Waals surface area contributed by atoms with Gasteiger partial charge in [-0.2, -0.15) is 10.2 Å². The highest BCUT2D eigenvalue weighted by molar-refractivity contribution is 5.79. The molecule has 1 amide bonds. The predicted octanol–water partition coefficient (Wildman–Crippen LogP) is 1.17. The Morgan fingerprint density at radius 3 is 2.86 bits per heavy atom. The van der Waals surface area contributed by atoms with Crippen molar-refractivity contribution in [2.45, 2.75) is 25.3 Å². The van der Waals surface area contributed by atoms with E-state index in [-0.39, 0.29) is 11.9 Å². The second-order valence-electron chi connectivity index (χ2n) is 5.71. The third-order valence-corrected chi connectivity index (χ3v) is 3.94. The number of aromatic amines is 1. The molecule has 0 aliphatic carbocycles. The van der Waals surface area contributed by atoms with Crippen LogP contribution in [0.1, 0.15) is 30.3 Å². The summed E-state index contributed by atoms with van der Waals surface area (Å²) >= 11 is 0. The number of anilines is 1. The fourth-order valence-corrected chi connectivity index (χ4v) is 2.77. The van der Waals surface area contributed by atoms with Crippen LogP contribution in [0.2, 0.25) is 0 Å². The zero-order valence-corrected chi connectivity index (χ0v) is 12.9. The summed E-state index contributed by atoms with van der Waals surface area (Å²) in [4.78, 5) is 16.3. The third kappa shape index (κ3) is 2.93. The maximum absolute atomic E-state index is 12.5. The van der Waals surface area contributed by atoms with Gasteiger partial charge in [-0.3, -0.25) is 9.89 Å². The molecule has 7 nitrogen and oxygen atoms in total. The summed E-state index contributed by atoms with van der Waals surface area (Å²) in [5.74, 6) is 0.919. The van der Waals surface area contributed by atoms with Crippen molar-refractivity contribution in [1.82, 2.24) is 25.3 Å². The lowest BCUT2D eigenvalue weighted by molar-refractivity contribution is -0.131. The molecule has 3 heterocycles. The van der Waals surface area contributed by atoms with Crippen molar-refractivity contribution in [1.29, 1.82) is 0 Å². The third-order valence-electron chi connectivity index (χ3n) is 3.94. The van der Waals surface area contributed by atoms with Gasteiger partial charge in [0.2, 0.25) is 5.91 Å². The summed E-state index contributed by atoms with van der Waals surface area (Å²) in [5, 5.41) is 15.2. The van der Waals surface area contributed by atoms with Gasteiger partial charge >= 0.3 is 0 Å². The molecule has 0 spiro atoms. The molecule has 1 atom stereocenters. The van der Waals surface area contributed by atoms with Gasteiger partial charge in [0.25, 0.3) is 0 Å². The second kappa shape index (κ2) is 6.13. The first-order valence-corrected chi connectivity index (χ1v) is 7.44. The Bertz CT molecular complexity index is 622. The van der Waals surface area contributed by atoms with E-state index in [2.05, 4.69) is 20.4 Å². The van der Waals surface area contributed by atoms with E-state index in [0.29, 0.717) is 6.42 Å². The quantitative estimate of drug-likeness (QED) is 0.917. The van der Waals surface area contributed by atoms with E-state index >= 15 is 0 Å². The van der Waals surface area contributed by atoms with Crippen molar-refractivity contribution in [3.8, 4) is 0 Å². The summed E-state index contributed by atoms with van der Waals surface area (Å²) in [6, 6.07) is 5.76. The van der Waals surface area contributed by atoms with Crippen LogP contribution < -0.4 is 4.90 Å². The van der Waals surface area contributed by atoms with E-state index in [9.17, 15) is 4.79 Å². The molecule has 0 radical (unpaired) electrons. The lowest BCUT2D eigenvalue weighted by Gasteiger charge is -2.24. The molecule has 0 aromatic carbocycles. The van der Waals surface area contributed by atoms with Crippen LogP contribution in [0.15, 0.2) is 24.4 Å². The lowest BCUT2D eigenvalue weighted by atomic mass is 10.1. The van der Waals surface area contributed by atoms with Crippen molar-refractivity contribution >= 4 is 11.7 Å². The topological polar surface area (TPSA) is 78.0 Å². The first kappa shape index (κ1) is 14.5. The highest BCUT2D eigenvalue weighted by Gasteiger charge is 2.31. The first-order chi connectivity index (χ1) is 10.6. The number of aromatic nitrogens is 4. The molecule has 116 valence electrons. The minimum absolute atomic E-state index is 0.0270. The zero-order valence-electron chi connectivity index (χ0n) is 12.9. The molecule has 1 fully saturated rings. The molecule has 22 heavy (non-hydrogen) atoms. The average molecular weight is 300 g/mol. The summed E-state index contributed by atoms with van der Waals surface area (Å²) in [6.07, 6.45) is 3.94. The Morgan fingerprint density at radius 2 is 2.23 bits per heavy atom. The fraction of sp³-hybridized carbons (Fsp3) is 0.467. The fourth-order valence-electron chi connectivity index (χ4n) is 2.77. The lowest BCUT2D eigenvalue weighted by Crippen LogP contribution is -2.32. The van der Waals surface area contributed by atoms with Crippen molar-refractivity contribution in [2.75, 3.05) is 25.5 Å². The highest BCUT2D eigenvalue weighted by Crippen LogP contribution is 2.31. The van der Waals surface area contributed by atoms with E-state index in [0.717, 1.165) is 36.6 Å². The first-order valence-electron chi connectivity index (χ1n) is 7.44. The molecule has 2 aromatic heterocycles. The van der Waals surface area contributed by atoms with Gasteiger partial charge < -0.3 is 9.80 Å². The number of likely N-dealkylation sites (tertiary alicyclic amines) is 1. The number of H-pyrrole nitrogens is 1. The molecule has 3 rings (SSSR count). The summed E-state index contributed by atoms with van der Waals surface area (Å²) in [7, 11) is 3.86. The minimum atomic E-state index is 0.0270. The largest absolute Gasteiger partial charge is 0.361 e. The number of nitrogens with zero attached hydrogens (tertiary/aromatic N) is 5. The smallest absolute Gasteiger partial charge is 0.229 e. The van der Waals surface area contributed by atoms with Gasteiger partial charge in [0, 0.05) is 32.5 Å². The zero-order chi connectivity index (χ0) is 15.5. The van der Waals surface area contributed by atoms with Crippen molar-refractivity contribution in [2.24, 2.45) is 0 Å². The maximum atomic E-state index is 12.5. The van der Waals surface area contributed by atoms with E-state index in [1.165, 1.54) is 0 Å². The number of hydrogen-bond donors (Lipinski definition) is 1. The molecule has 1 aliphatic heterocycles. The molecule has 1 saturated heterocycles. The Balaban J connectivity index is 1.73. The second-order valence-corrected chi connectivity index (χ2v) is 5.71. The monoisotopic (exact) mass is 300 g/mol. The van der Waals surface area contributed by atoms with Gasteiger partial charge in [0.1, 0.15) is 0 Å². The van der Waals surface area contributed by atoms with E-state index in [1.54, 1.807) is 6.20 Å². The van der Waals surface area contributed by atoms with Crippen molar-refractivity contribution < 1.29 is 4.79 Å². The summed E-state index contributed by atoms with van der Waals surface area (Å²) < 4.78 is 0. The number of amides is 1.